The lowest BCUT2D eigenvalue weighted by molar-refractivity contribution is 0.0780. The summed E-state index contributed by atoms with van der Waals surface area (Å²) in [6.07, 6.45) is 0. The molecule has 0 atom stereocenters. The lowest BCUT2D eigenvalue weighted by Gasteiger charge is -2.15. The minimum Gasteiger partial charge on any atom is -0.339 e. The van der Waals surface area contributed by atoms with Crippen molar-refractivity contribution in [3.8, 4) is 10.4 Å². The Kier molecular flexibility index (Phi) is 5.18. The molecule has 2 heterocycles. The Morgan fingerprint density at radius 2 is 1.88 bits per heavy atom. The first-order valence-electron chi connectivity index (χ1n) is 8.47. The van der Waals surface area contributed by atoms with Gasteiger partial charge in [0.25, 0.3) is 5.91 Å². The van der Waals surface area contributed by atoms with E-state index in [2.05, 4.69) is 15.1 Å². The van der Waals surface area contributed by atoms with Crippen LogP contribution in [0.15, 0.2) is 28.8 Å². The molecule has 6 nitrogen and oxygen atoms in total. The Labute approximate surface area is 156 Å². The molecule has 0 N–H and O–H groups in total. The van der Waals surface area contributed by atoms with Crippen molar-refractivity contribution in [1.82, 2.24) is 20.0 Å². The van der Waals surface area contributed by atoms with Crippen molar-refractivity contribution in [3.05, 3.63) is 52.2 Å². The Morgan fingerprint density at radius 3 is 2.42 bits per heavy atom. The van der Waals surface area contributed by atoms with E-state index in [0.717, 1.165) is 21.1 Å². The van der Waals surface area contributed by atoms with E-state index in [-0.39, 0.29) is 11.8 Å². The first-order valence-corrected chi connectivity index (χ1v) is 9.29. The zero-order valence-electron chi connectivity index (χ0n) is 15.6. The van der Waals surface area contributed by atoms with Gasteiger partial charge in [0, 0.05) is 18.5 Å². The van der Waals surface area contributed by atoms with Crippen LogP contribution in [0.4, 0.5) is 0 Å². The maximum Gasteiger partial charge on any atom is 0.254 e. The van der Waals surface area contributed by atoms with Gasteiger partial charge in [0.1, 0.15) is 0 Å². The average Bonchev–Trinajstić information content (AvgIpc) is 3.20. The van der Waals surface area contributed by atoms with Crippen LogP contribution in [0.2, 0.25) is 0 Å². The molecule has 3 aromatic rings. The second-order valence-corrected chi connectivity index (χ2v) is 7.79. The summed E-state index contributed by atoms with van der Waals surface area (Å²) in [6.45, 7) is 8.28. The summed E-state index contributed by atoms with van der Waals surface area (Å²) in [5, 5.41) is 4.97. The van der Waals surface area contributed by atoms with Crippen molar-refractivity contribution in [2.24, 2.45) is 0 Å². The summed E-state index contributed by atoms with van der Waals surface area (Å²) in [7, 11) is 1.73. The van der Waals surface area contributed by atoms with Gasteiger partial charge in [0.15, 0.2) is 5.82 Å². The minimum atomic E-state index is -0.0790. The molecule has 0 aliphatic carbocycles. The Balaban J connectivity index is 1.71. The van der Waals surface area contributed by atoms with Gasteiger partial charge in [-0.05, 0) is 31.5 Å². The molecule has 0 saturated heterocycles. The molecule has 0 spiro atoms. The van der Waals surface area contributed by atoms with Crippen LogP contribution in [0.3, 0.4) is 0 Å². The number of carbonyl (C=O) groups excluding carboxylic acids is 1. The molecule has 0 aliphatic heterocycles. The summed E-state index contributed by atoms with van der Waals surface area (Å²) in [5.41, 5.74) is 2.72. The predicted molar refractivity (Wildman–Crippen MR) is 101 cm³/mol. The monoisotopic (exact) mass is 370 g/mol. The highest BCUT2D eigenvalue weighted by molar-refractivity contribution is 7.15. The number of benzene rings is 1. The minimum absolute atomic E-state index is 0.0790. The highest BCUT2D eigenvalue weighted by atomic mass is 32.1. The SMILES string of the molecule is Cc1nc(C)c(-c2ccc(C(=O)N(C)Cc3noc(C(C)C)n3)cc2)s1. The number of thiazole rings is 1. The van der Waals surface area contributed by atoms with Crippen LogP contribution in [0.25, 0.3) is 10.4 Å². The van der Waals surface area contributed by atoms with Gasteiger partial charge in [-0.1, -0.05) is 31.1 Å². The van der Waals surface area contributed by atoms with E-state index in [1.807, 2.05) is 52.0 Å². The second kappa shape index (κ2) is 7.37. The third-order valence-electron chi connectivity index (χ3n) is 4.00. The van der Waals surface area contributed by atoms with Gasteiger partial charge in [0.2, 0.25) is 5.89 Å². The highest BCUT2D eigenvalue weighted by Crippen LogP contribution is 2.29. The summed E-state index contributed by atoms with van der Waals surface area (Å²) in [5.74, 6) is 1.19. The lowest BCUT2D eigenvalue weighted by atomic mass is 10.1. The molecule has 7 heteroatoms. The summed E-state index contributed by atoms with van der Waals surface area (Å²) in [4.78, 5) is 24.1. The zero-order valence-corrected chi connectivity index (χ0v) is 16.4. The quantitative estimate of drug-likeness (QED) is 0.673. The number of aromatic nitrogens is 3. The number of hydrogen-bond acceptors (Lipinski definition) is 6. The van der Waals surface area contributed by atoms with Crippen LogP contribution in [0.5, 0.6) is 0 Å². The van der Waals surface area contributed by atoms with Crippen molar-refractivity contribution in [2.45, 2.75) is 40.2 Å². The normalized spacial score (nSPS) is 11.2. The van der Waals surface area contributed by atoms with Crippen LogP contribution in [0.1, 0.15) is 52.5 Å². The van der Waals surface area contributed by atoms with Crippen molar-refractivity contribution in [2.75, 3.05) is 7.05 Å². The smallest absolute Gasteiger partial charge is 0.254 e. The summed E-state index contributed by atoms with van der Waals surface area (Å²) in [6, 6.07) is 7.62. The van der Waals surface area contributed by atoms with Gasteiger partial charge in [0.05, 0.1) is 22.1 Å². The van der Waals surface area contributed by atoms with Gasteiger partial charge in [-0.2, -0.15) is 4.98 Å². The van der Waals surface area contributed by atoms with E-state index in [1.165, 1.54) is 0 Å². The van der Waals surface area contributed by atoms with Gasteiger partial charge < -0.3 is 9.42 Å². The number of carbonyl (C=O) groups is 1. The topological polar surface area (TPSA) is 72.1 Å². The first kappa shape index (κ1) is 18.3. The molecule has 0 fully saturated rings. The second-order valence-electron chi connectivity index (χ2n) is 6.59. The molecule has 3 rings (SSSR count). The largest absolute Gasteiger partial charge is 0.339 e. The van der Waals surface area contributed by atoms with Crippen LogP contribution >= 0.6 is 11.3 Å². The van der Waals surface area contributed by atoms with Gasteiger partial charge in [-0.25, -0.2) is 4.98 Å². The number of hydrogen-bond donors (Lipinski definition) is 0. The first-order chi connectivity index (χ1) is 12.3. The standard InChI is InChI=1S/C19H22N4O2S/c1-11(2)18-21-16(22-25-18)10-23(5)19(24)15-8-6-14(7-9-15)17-12(3)20-13(4)26-17/h6-9,11H,10H2,1-5H3. The molecule has 1 amide bonds. The zero-order chi connectivity index (χ0) is 18.8. The number of aryl methyl sites for hydroxylation is 2. The highest BCUT2D eigenvalue weighted by Gasteiger charge is 2.17. The van der Waals surface area contributed by atoms with Crippen LogP contribution in [-0.4, -0.2) is 33.0 Å². The fourth-order valence-electron chi connectivity index (χ4n) is 2.63. The van der Waals surface area contributed by atoms with E-state index in [4.69, 9.17) is 4.52 Å². The summed E-state index contributed by atoms with van der Waals surface area (Å²) < 4.78 is 5.19. The number of nitrogens with zero attached hydrogens (tertiary/aromatic N) is 4. The van der Waals surface area contributed by atoms with E-state index in [9.17, 15) is 4.79 Å². The number of amides is 1. The lowest BCUT2D eigenvalue weighted by Crippen LogP contribution is -2.26. The molecule has 2 aromatic heterocycles. The molecule has 136 valence electrons. The Hall–Kier alpha value is -2.54. The maximum atomic E-state index is 12.6. The van der Waals surface area contributed by atoms with Crippen molar-refractivity contribution >= 4 is 17.2 Å². The maximum absolute atomic E-state index is 12.6. The van der Waals surface area contributed by atoms with E-state index in [0.29, 0.717) is 23.8 Å². The van der Waals surface area contributed by atoms with Gasteiger partial charge >= 0.3 is 0 Å². The molecular weight excluding hydrogens is 348 g/mol. The van der Waals surface area contributed by atoms with Crippen molar-refractivity contribution < 1.29 is 9.32 Å². The summed E-state index contributed by atoms with van der Waals surface area (Å²) >= 11 is 1.66. The van der Waals surface area contributed by atoms with Gasteiger partial charge in [-0.3, -0.25) is 4.79 Å². The van der Waals surface area contributed by atoms with E-state index < -0.39 is 0 Å². The molecular formula is C19H22N4O2S. The number of rotatable bonds is 5. The molecule has 0 saturated carbocycles. The predicted octanol–water partition coefficient (Wildman–Crippen LogP) is 4.21. The third-order valence-corrected chi connectivity index (χ3v) is 5.12. The molecule has 0 aliphatic rings. The van der Waals surface area contributed by atoms with Crippen LogP contribution in [-0.2, 0) is 6.54 Å². The van der Waals surface area contributed by atoms with Gasteiger partial charge in [-0.15, -0.1) is 11.3 Å². The third kappa shape index (κ3) is 3.83. The van der Waals surface area contributed by atoms with Crippen molar-refractivity contribution in [3.63, 3.8) is 0 Å². The van der Waals surface area contributed by atoms with E-state index >= 15 is 0 Å². The molecule has 0 radical (unpaired) electrons. The van der Waals surface area contributed by atoms with Crippen LogP contribution in [0, 0.1) is 13.8 Å². The molecule has 0 bridgehead atoms. The Bertz CT molecular complexity index is 912. The fourth-order valence-corrected chi connectivity index (χ4v) is 3.56. The average molecular weight is 370 g/mol. The van der Waals surface area contributed by atoms with Crippen LogP contribution < -0.4 is 0 Å². The fraction of sp³-hybridized carbons (Fsp3) is 0.368. The molecule has 1 aromatic carbocycles. The van der Waals surface area contributed by atoms with E-state index in [1.54, 1.807) is 23.3 Å². The molecule has 0 unspecified atom stereocenters. The molecule has 26 heavy (non-hydrogen) atoms. The van der Waals surface area contributed by atoms with Crippen molar-refractivity contribution in [1.29, 1.82) is 0 Å². The Morgan fingerprint density at radius 1 is 1.19 bits per heavy atom.